The summed E-state index contributed by atoms with van der Waals surface area (Å²) in [6.07, 6.45) is 0. The van der Waals surface area contributed by atoms with Gasteiger partial charge < -0.3 is 9.80 Å². The van der Waals surface area contributed by atoms with E-state index in [9.17, 15) is 0 Å². The molecule has 0 unspecified atom stereocenters. The molecule has 0 bridgehead atoms. The lowest BCUT2D eigenvalue weighted by Gasteiger charge is -2.35. The Morgan fingerprint density at radius 3 is 1.39 bits per heavy atom. The van der Waals surface area contributed by atoms with Gasteiger partial charge in [-0.1, -0.05) is 246 Å². The fourth-order valence-electron chi connectivity index (χ4n) is 14.7. The van der Waals surface area contributed by atoms with Crippen LogP contribution in [-0.2, 0) is 16.2 Å². The fourth-order valence-corrected chi connectivity index (χ4v) is 16.1. The summed E-state index contributed by atoms with van der Waals surface area (Å²) in [4.78, 5) is 5.05. The molecule has 0 saturated heterocycles. The molecule has 0 spiro atoms. The number of benzene rings is 12. The second-order valence-corrected chi connectivity index (χ2v) is 24.6. The van der Waals surface area contributed by atoms with Crippen molar-refractivity contribution in [2.75, 3.05) is 9.80 Å². The Hall–Kier alpha value is -9.54. The predicted octanol–water partition coefficient (Wildman–Crippen LogP) is 21.6. The quantitative estimate of drug-likeness (QED) is 0.142. The minimum atomic E-state index is -0.569. The number of rotatable bonds is 9. The van der Waals surface area contributed by atoms with Crippen LogP contribution in [0.2, 0.25) is 0 Å². The van der Waals surface area contributed by atoms with Gasteiger partial charge in [-0.25, -0.2) is 0 Å². The van der Waals surface area contributed by atoms with Crippen LogP contribution in [0.1, 0.15) is 72.2 Å². The van der Waals surface area contributed by atoms with E-state index >= 15 is 0 Å². The first kappa shape index (κ1) is 48.4. The summed E-state index contributed by atoms with van der Waals surface area (Å²) in [5, 5.41) is 2.53. The molecule has 0 amide bonds. The monoisotopic (exact) mass is 1070 g/mol. The van der Waals surface area contributed by atoms with Crippen LogP contribution in [-0.4, -0.2) is 0 Å². The van der Waals surface area contributed by atoms with E-state index < -0.39 is 5.41 Å². The standard InChI is InChI=1S/C79H58N2S/c1-77(2)69-39-16-12-34-63(69)67-49-57(44-46-70(67)77)81(74-42-22-37-66-65-36-21-35-59(75(65)82-76(66)74)51-23-7-5-8-24-51)56-30-20-29-55(48-56)80(58-43-45-64-60-31-11-15-38-68(60)78(3,4)73(64)50-58)54-28-19-27-53(47-54)79(52-25-9-6-10-26-52)71-40-17-13-32-61(71)62-33-14-18-41-72(62)79/h5-50H,1-4H3. The summed E-state index contributed by atoms with van der Waals surface area (Å²) in [6, 6.07) is 105. The van der Waals surface area contributed by atoms with Crippen molar-refractivity contribution in [3.8, 4) is 44.5 Å². The molecule has 0 atom stereocenters. The van der Waals surface area contributed by atoms with Crippen LogP contribution in [0, 0.1) is 0 Å². The Kier molecular flexibility index (Phi) is 10.8. The molecule has 0 saturated carbocycles. The van der Waals surface area contributed by atoms with Gasteiger partial charge in [0.2, 0.25) is 0 Å². The van der Waals surface area contributed by atoms with Crippen molar-refractivity contribution in [1.29, 1.82) is 0 Å². The SMILES string of the molecule is CC1(C)c2ccccc2-c2cc(N(c3cccc(N(c4cccc(C5(c6ccccc6)c6ccccc6-c6ccccc65)c4)c4ccc5c(c4)C(C)(C)c4ccccc4-5)c3)c3cccc4c3sc3c(-c5ccccc5)cccc34)ccc21. The van der Waals surface area contributed by atoms with E-state index in [4.69, 9.17) is 0 Å². The van der Waals surface area contributed by atoms with Crippen molar-refractivity contribution < 1.29 is 0 Å². The molecular formula is C79H58N2S. The molecular weight excluding hydrogens is 1010 g/mol. The summed E-state index contributed by atoms with van der Waals surface area (Å²) >= 11 is 1.90. The minimum Gasteiger partial charge on any atom is -0.310 e. The van der Waals surface area contributed by atoms with Gasteiger partial charge >= 0.3 is 0 Å². The van der Waals surface area contributed by atoms with E-state index in [2.05, 4.69) is 317 Å². The third kappa shape index (κ3) is 6.99. The Bertz CT molecular complexity index is 4670. The molecule has 82 heavy (non-hydrogen) atoms. The van der Waals surface area contributed by atoms with Crippen molar-refractivity contribution in [1.82, 2.24) is 0 Å². The molecule has 13 aromatic rings. The lowest BCUT2D eigenvalue weighted by Crippen LogP contribution is -2.28. The van der Waals surface area contributed by atoms with E-state index in [1.54, 1.807) is 0 Å². The molecule has 16 rings (SSSR count). The van der Waals surface area contributed by atoms with Crippen LogP contribution in [0.15, 0.2) is 279 Å². The van der Waals surface area contributed by atoms with Gasteiger partial charge in [-0.2, -0.15) is 0 Å². The molecule has 1 aromatic heterocycles. The molecule has 3 aliphatic carbocycles. The average molecular weight is 1070 g/mol. The molecule has 1 heterocycles. The summed E-state index contributed by atoms with van der Waals surface area (Å²) in [5.74, 6) is 0. The predicted molar refractivity (Wildman–Crippen MR) is 347 cm³/mol. The number of fused-ring (bicyclic) bond motifs is 12. The van der Waals surface area contributed by atoms with Crippen LogP contribution in [0.3, 0.4) is 0 Å². The first-order chi connectivity index (χ1) is 40.2. The second-order valence-electron chi connectivity index (χ2n) is 23.6. The van der Waals surface area contributed by atoms with Gasteiger partial charge in [0.05, 0.1) is 15.8 Å². The van der Waals surface area contributed by atoms with Crippen molar-refractivity contribution in [3.05, 3.63) is 324 Å². The third-order valence-electron chi connectivity index (χ3n) is 18.5. The van der Waals surface area contributed by atoms with E-state index in [-0.39, 0.29) is 10.8 Å². The lowest BCUT2D eigenvalue weighted by molar-refractivity contribution is 0.660. The number of nitrogens with zero attached hydrogens (tertiary/aromatic N) is 2. The smallest absolute Gasteiger partial charge is 0.0714 e. The van der Waals surface area contributed by atoms with E-state index in [0.29, 0.717) is 0 Å². The van der Waals surface area contributed by atoms with E-state index in [0.717, 1.165) is 34.1 Å². The van der Waals surface area contributed by atoms with Gasteiger partial charge in [0.15, 0.2) is 0 Å². The maximum atomic E-state index is 2.53. The average Bonchev–Trinajstić information content (AvgIpc) is 2.93. The van der Waals surface area contributed by atoms with Crippen molar-refractivity contribution in [2.24, 2.45) is 0 Å². The molecule has 0 aliphatic heterocycles. The lowest BCUT2D eigenvalue weighted by atomic mass is 9.67. The molecule has 3 heteroatoms. The number of anilines is 6. The number of thiophene rings is 1. The van der Waals surface area contributed by atoms with Crippen molar-refractivity contribution >= 4 is 65.6 Å². The highest BCUT2D eigenvalue weighted by atomic mass is 32.1. The largest absolute Gasteiger partial charge is 0.310 e. The molecule has 12 aromatic carbocycles. The van der Waals surface area contributed by atoms with Gasteiger partial charge in [0.1, 0.15) is 0 Å². The fraction of sp³-hybridized carbons (Fsp3) is 0.0886. The topological polar surface area (TPSA) is 6.48 Å². The van der Waals surface area contributed by atoms with E-state index in [1.807, 2.05) is 11.3 Å². The molecule has 390 valence electrons. The summed E-state index contributed by atoms with van der Waals surface area (Å²) < 4.78 is 2.55. The van der Waals surface area contributed by atoms with Gasteiger partial charge in [-0.3, -0.25) is 0 Å². The summed E-state index contributed by atoms with van der Waals surface area (Å²) in [5.41, 5.74) is 26.4. The van der Waals surface area contributed by atoms with Crippen LogP contribution in [0.4, 0.5) is 34.1 Å². The highest BCUT2D eigenvalue weighted by molar-refractivity contribution is 7.27. The number of hydrogen-bond donors (Lipinski definition) is 0. The molecule has 0 N–H and O–H groups in total. The third-order valence-corrected chi connectivity index (χ3v) is 19.8. The highest BCUT2D eigenvalue weighted by Crippen LogP contribution is 2.58. The van der Waals surface area contributed by atoms with E-state index in [1.165, 1.54) is 109 Å². The van der Waals surface area contributed by atoms with Gasteiger partial charge in [-0.15, -0.1) is 11.3 Å². The first-order valence-electron chi connectivity index (χ1n) is 28.7. The van der Waals surface area contributed by atoms with Crippen LogP contribution in [0.5, 0.6) is 0 Å². The normalized spacial score (nSPS) is 14.4. The van der Waals surface area contributed by atoms with Crippen molar-refractivity contribution in [2.45, 2.75) is 43.9 Å². The molecule has 3 aliphatic rings. The zero-order chi connectivity index (χ0) is 54.9. The van der Waals surface area contributed by atoms with Crippen LogP contribution < -0.4 is 9.80 Å². The second kappa shape index (κ2) is 18.2. The molecule has 2 nitrogen and oxygen atoms in total. The number of hydrogen-bond acceptors (Lipinski definition) is 3. The van der Waals surface area contributed by atoms with Crippen LogP contribution >= 0.6 is 11.3 Å². The Morgan fingerprint density at radius 2 is 0.707 bits per heavy atom. The summed E-state index contributed by atoms with van der Waals surface area (Å²) in [7, 11) is 0. The van der Waals surface area contributed by atoms with Gasteiger partial charge in [-0.05, 0) is 150 Å². The Balaban J connectivity index is 0.938. The van der Waals surface area contributed by atoms with Crippen LogP contribution in [0.25, 0.3) is 64.7 Å². The summed E-state index contributed by atoms with van der Waals surface area (Å²) in [6.45, 7) is 9.51. The van der Waals surface area contributed by atoms with Gasteiger partial charge in [0, 0.05) is 54.7 Å². The Morgan fingerprint density at radius 1 is 0.268 bits per heavy atom. The molecule has 0 radical (unpaired) electrons. The maximum Gasteiger partial charge on any atom is 0.0714 e. The van der Waals surface area contributed by atoms with Crippen molar-refractivity contribution in [3.63, 3.8) is 0 Å². The maximum absolute atomic E-state index is 2.53. The zero-order valence-corrected chi connectivity index (χ0v) is 47.2. The highest BCUT2D eigenvalue weighted by Gasteiger charge is 2.46. The minimum absolute atomic E-state index is 0.128. The molecule has 0 fully saturated rings. The zero-order valence-electron chi connectivity index (χ0n) is 46.4. The Labute approximate surface area is 484 Å². The van der Waals surface area contributed by atoms with Gasteiger partial charge in [0.25, 0.3) is 0 Å². The first-order valence-corrected chi connectivity index (χ1v) is 29.6.